The number of ether oxygens (including phenoxy) is 1. The van der Waals surface area contributed by atoms with Crippen LogP contribution < -0.4 is 0 Å². The molecule has 5 rings (SSSR count). The Morgan fingerprint density at radius 2 is 1.75 bits per heavy atom. The molecule has 4 aliphatic rings. The van der Waals surface area contributed by atoms with Crippen LogP contribution in [0.4, 0.5) is 0 Å². The van der Waals surface area contributed by atoms with Crippen molar-refractivity contribution in [1.82, 2.24) is 0 Å². The summed E-state index contributed by atoms with van der Waals surface area (Å²) in [5, 5.41) is 12.0. The van der Waals surface area contributed by atoms with E-state index in [0.717, 1.165) is 43.9 Å². The molecule has 4 fully saturated rings. The molecule has 0 spiro atoms. The van der Waals surface area contributed by atoms with Crippen molar-refractivity contribution in [2.75, 3.05) is 0 Å². The normalized spacial score (nSPS) is 45.4. The number of carbonyl (C=O) groups excluding carboxylic acids is 1. The van der Waals surface area contributed by atoms with Gasteiger partial charge in [0.1, 0.15) is 6.10 Å². The number of aryl methyl sites for hydroxylation is 1. The van der Waals surface area contributed by atoms with Crippen LogP contribution in [0.25, 0.3) is 0 Å². The lowest BCUT2D eigenvalue weighted by Crippen LogP contribution is -2.57. The van der Waals surface area contributed by atoms with Gasteiger partial charge < -0.3 is 9.84 Å². The molecule has 0 heterocycles. The van der Waals surface area contributed by atoms with E-state index in [1.165, 1.54) is 44.1 Å². The van der Waals surface area contributed by atoms with Crippen molar-refractivity contribution in [2.24, 2.45) is 34.5 Å². The van der Waals surface area contributed by atoms with E-state index >= 15 is 0 Å². The van der Waals surface area contributed by atoms with Crippen LogP contribution >= 0.6 is 0 Å². The number of hydrogen-bond donors (Lipinski definition) is 1. The fourth-order valence-corrected chi connectivity index (χ4v) is 9.08. The summed E-state index contributed by atoms with van der Waals surface area (Å²) < 4.78 is 5.63. The van der Waals surface area contributed by atoms with Crippen molar-refractivity contribution in [3.05, 3.63) is 35.9 Å². The molecular weight excluding hydrogens is 396 g/mol. The molecule has 4 saturated carbocycles. The van der Waals surface area contributed by atoms with Crippen molar-refractivity contribution >= 4 is 5.97 Å². The van der Waals surface area contributed by atoms with E-state index in [1.807, 2.05) is 0 Å². The Balaban J connectivity index is 1.31. The maximum absolute atomic E-state index is 12.0. The smallest absolute Gasteiger partial charge is 0.302 e. The maximum atomic E-state index is 12.0. The molecule has 0 aliphatic heterocycles. The molecule has 3 heteroatoms. The summed E-state index contributed by atoms with van der Waals surface area (Å²) in [4.78, 5) is 11.5. The van der Waals surface area contributed by atoms with Crippen molar-refractivity contribution < 1.29 is 14.6 Å². The number of rotatable bonds is 4. The number of esters is 1. The first-order chi connectivity index (χ1) is 15.3. The zero-order valence-electron chi connectivity index (χ0n) is 20.3. The highest BCUT2D eigenvalue weighted by atomic mass is 16.5. The van der Waals surface area contributed by atoms with E-state index in [2.05, 4.69) is 44.2 Å². The highest BCUT2D eigenvalue weighted by molar-refractivity contribution is 5.66. The Kier molecular flexibility index (Phi) is 5.72. The molecular formula is C29H42O3. The van der Waals surface area contributed by atoms with Gasteiger partial charge in [0.15, 0.2) is 0 Å². The van der Waals surface area contributed by atoms with Gasteiger partial charge in [0.05, 0.1) is 5.60 Å². The first-order valence-corrected chi connectivity index (χ1v) is 13.2. The van der Waals surface area contributed by atoms with Crippen LogP contribution in [0, 0.1) is 34.5 Å². The van der Waals surface area contributed by atoms with Gasteiger partial charge in [-0.15, -0.1) is 0 Å². The lowest BCUT2D eigenvalue weighted by atomic mass is 9.44. The van der Waals surface area contributed by atoms with E-state index in [9.17, 15) is 9.90 Å². The van der Waals surface area contributed by atoms with Gasteiger partial charge in [-0.2, -0.15) is 0 Å². The minimum absolute atomic E-state index is 0.0566. The summed E-state index contributed by atoms with van der Waals surface area (Å²) in [6, 6.07) is 10.7. The number of aliphatic hydroxyl groups is 1. The number of carbonyl (C=O) groups is 1. The molecule has 0 amide bonds. The van der Waals surface area contributed by atoms with Crippen LogP contribution in [0.3, 0.4) is 0 Å². The Hall–Kier alpha value is -1.35. The summed E-state index contributed by atoms with van der Waals surface area (Å²) in [6.07, 6.45) is 12.4. The molecule has 1 aromatic carbocycles. The predicted molar refractivity (Wildman–Crippen MR) is 127 cm³/mol. The quantitative estimate of drug-likeness (QED) is 0.559. The topological polar surface area (TPSA) is 46.5 Å². The Bertz CT molecular complexity index is 836. The molecule has 0 bridgehead atoms. The van der Waals surface area contributed by atoms with Crippen molar-refractivity contribution in [2.45, 2.75) is 103 Å². The maximum Gasteiger partial charge on any atom is 0.302 e. The van der Waals surface area contributed by atoms with Gasteiger partial charge in [-0.3, -0.25) is 4.79 Å². The SMILES string of the molecule is CC(=O)O[C@H]1CC[C@@]2(C)[C@@H](CC[C@H]3[C@H]2CC[C@@]2(C)[C@@H]3CC[C@@]2(O)CCc2ccccc2)C1. The third kappa shape index (κ3) is 3.54. The molecule has 176 valence electrons. The van der Waals surface area contributed by atoms with Gasteiger partial charge in [-0.25, -0.2) is 0 Å². The molecule has 0 unspecified atom stereocenters. The highest BCUT2D eigenvalue weighted by Crippen LogP contribution is 2.68. The molecule has 32 heavy (non-hydrogen) atoms. The second kappa shape index (κ2) is 8.15. The Labute approximate surface area is 194 Å². The molecule has 1 N–H and O–H groups in total. The van der Waals surface area contributed by atoms with Crippen LogP contribution in [0.1, 0.15) is 90.5 Å². The van der Waals surface area contributed by atoms with E-state index in [4.69, 9.17) is 4.74 Å². The van der Waals surface area contributed by atoms with Crippen LogP contribution in [0.5, 0.6) is 0 Å². The van der Waals surface area contributed by atoms with Gasteiger partial charge in [-0.1, -0.05) is 44.2 Å². The van der Waals surface area contributed by atoms with Gasteiger partial charge >= 0.3 is 5.97 Å². The van der Waals surface area contributed by atoms with Crippen molar-refractivity contribution in [3.8, 4) is 0 Å². The van der Waals surface area contributed by atoms with Crippen LogP contribution in [0.2, 0.25) is 0 Å². The molecule has 0 radical (unpaired) electrons. The predicted octanol–water partition coefficient (Wildman–Crippen LogP) is 6.32. The molecule has 0 aromatic heterocycles. The van der Waals surface area contributed by atoms with Gasteiger partial charge in [0, 0.05) is 6.92 Å². The fourth-order valence-electron chi connectivity index (χ4n) is 9.08. The highest BCUT2D eigenvalue weighted by Gasteiger charge is 2.64. The third-order valence-corrected chi connectivity index (χ3v) is 10.9. The largest absolute Gasteiger partial charge is 0.463 e. The Morgan fingerprint density at radius 1 is 1.00 bits per heavy atom. The lowest BCUT2D eigenvalue weighted by Gasteiger charge is -2.61. The lowest BCUT2D eigenvalue weighted by molar-refractivity contribution is -0.170. The molecule has 3 nitrogen and oxygen atoms in total. The third-order valence-electron chi connectivity index (χ3n) is 10.9. The average Bonchev–Trinajstić information content (AvgIpc) is 3.04. The molecule has 4 aliphatic carbocycles. The van der Waals surface area contributed by atoms with Crippen LogP contribution in [0.15, 0.2) is 30.3 Å². The summed E-state index contributed by atoms with van der Waals surface area (Å²) in [7, 11) is 0. The van der Waals surface area contributed by atoms with Gasteiger partial charge in [-0.05, 0) is 111 Å². The van der Waals surface area contributed by atoms with E-state index < -0.39 is 5.60 Å². The summed E-state index contributed by atoms with van der Waals surface area (Å²) in [6.45, 7) is 6.53. The zero-order chi connectivity index (χ0) is 22.6. The van der Waals surface area contributed by atoms with Crippen LogP contribution in [-0.2, 0) is 16.0 Å². The summed E-state index contributed by atoms with van der Waals surface area (Å²) in [5.74, 6) is 2.75. The molecule has 1 aromatic rings. The molecule has 0 saturated heterocycles. The first kappa shape index (κ1) is 22.4. The van der Waals surface area contributed by atoms with Crippen LogP contribution in [-0.4, -0.2) is 22.8 Å². The van der Waals surface area contributed by atoms with Crippen molar-refractivity contribution in [1.29, 1.82) is 0 Å². The van der Waals surface area contributed by atoms with Gasteiger partial charge in [0.2, 0.25) is 0 Å². The van der Waals surface area contributed by atoms with Crippen molar-refractivity contribution in [3.63, 3.8) is 0 Å². The second-order valence-electron chi connectivity index (χ2n) is 12.2. The van der Waals surface area contributed by atoms with Gasteiger partial charge in [0.25, 0.3) is 0 Å². The Morgan fingerprint density at radius 3 is 2.50 bits per heavy atom. The second-order valence-corrected chi connectivity index (χ2v) is 12.2. The standard InChI is InChI=1S/C29H42O3/c1-20(30)32-23-12-15-27(2)22(19-23)9-10-24-25(27)13-16-28(3)26(24)14-18-29(28,31)17-11-21-7-5-4-6-8-21/h4-8,22-26,31H,9-19H2,1-3H3/t22-,23-,24-,25+,26+,27-,28-,29-/m0/s1. The van der Waals surface area contributed by atoms with E-state index in [0.29, 0.717) is 17.3 Å². The monoisotopic (exact) mass is 438 g/mol. The van der Waals surface area contributed by atoms with E-state index in [-0.39, 0.29) is 17.5 Å². The summed E-state index contributed by atoms with van der Waals surface area (Å²) in [5.41, 5.74) is 1.26. The minimum atomic E-state index is -0.525. The minimum Gasteiger partial charge on any atom is -0.463 e. The van der Waals surface area contributed by atoms with E-state index in [1.54, 1.807) is 6.92 Å². The average molecular weight is 439 g/mol. The first-order valence-electron chi connectivity index (χ1n) is 13.2. The number of benzene rings is 1. The fraction of sp³-hybridized carbons (Fsp3) is 0.759. The molecule has 8 atom stereocenters. The zero-order valence-corrected chi connectivity index (χ0v) is 20.3. The summed E-state index contributed by atoms with van der Waals surface area (Å²) >= 11 is 0. The number of hydrogen-bond acceptors (Lipinski definition) is 3. The number of fused-ring (bicyclic) bond motifs is 5.